The fraction of sp³-hybridized carbons (Fsp3) is 0.353. The minimum Gasteiger partial charge on any atom is -0.376 e. The molecule has 3 rings (SSSR count). The van der Waals surface area contributed by atoms with Gasteiger partial charge in [-0.3, -0.25) is 14.6 Å². The second-order valence-electron chi connectivity index (χ2n) is 5.67. The summed E-state index contributed by atoms with van der Waals surface area (Å²) in [5.74, 6) is -0.463. The molecule has 2 aromatic rings. The number of hydrogen-bond acceptors (Lipinski definition) is 5. The van der Waals surface area contributed by atoms with E-state index in [2.05, 4.69) is 15.6 Å². The van der Waals surface area contributed by atoms with Crippen LogP contribution in [0.2, 0.25) is 0 Å². The van der Waals surface area contributed by atoms with Crippen molar-refractivity contribution in [1.82, 2.24) is 10.3 Å². The highest BCUT2D eigenvalue weighted by Gasteiger charge is 2.25. The molecule has 0 saturated carbocycles. The Bertz CT molecular complexity index is 711. The average Bonchev–Trinajstić information content (AvgIpc) is 3.27. The number of ether oxygens (including phenoxy) is 1. The number of carbonyl (C=O) groups excluding carboxylic acids is 2. The van der Waals surface area contributed by atoms with Gasteiger partial charge in [0.05, 0.1) is 17.8 Å². The van der Waals surface area contributed by atoms with Crippen LogP contribution in [0.3, 0.4) is 0 Å². The highest BCUT2D eigenvalue weighted by molar-refractivity contribution is 7.12. The van der Waals surface area contributed by atoms with Gasteiger partial charge in [-0.1, -0.05) is 0 Å². The first-order valence-corrected chi connectivity index (χ1v) is 8.74. The van der Waals surface area contributed by atoms with Gasteiger partial charge in [-0.05, 0) is 43.3 Å². The van der Waals surface area contributed by atoms with E-state index in [9.17, 15) is 9.59 Å². The van der Waals surface area contributed by atoms with Crippen molar-refractivity contribution >= 4 is 28.8 Å². The number of anilines is 1. The molecule has 0 radical (unpaired) electrons. The van der Waals surface area contributed by atoms with Gasteiger partial charge in [-0.15, -0.1) is 11.3 Å². The third-order valence-electron chi connectivity index (χ3n) is 3.94. The zero-order chi connectivity index (χ0) is 16.9. The molecule has 0 aromatic carbocycles. The number of thiophene rings is 1. The van der Waals surface area contributed by atoms with Gasteiger partial charge < -0.3 is 15.4 Å². The summed E-state index contributed by atoms with van der Waals surface area (Å²) in [7, 11) is 0. The van der Waals surface area contributed by atoms with Gasteiger partial charge in [0.1, 0.15) is 4.88 Å². The maximum atomic E-state index is 12.5. The summed E-state index contributed by atoms with van der Waals surface area (Å²) in [6, 6.07) is 4.92. The van der Waals surface area contributed by atoms with Gasteiger partial charge in [-0.25, -0.2) is 0 Å². The fourth-order valence-corrected chi connectivity index (χ4v) is 3.40. The molecule has 2 aromatic heterocycles. The molecule has 2 amide bonds. The Balaban J connectivity index is 1.66. The number of hydrogen-bond donors (Lipinski definition) is 2. The van der Waals surface area contributed by atoms with Crippen LogP contribution in [0.1, 0.15) is 39.8 Å². The van der Waals surface area contributed by atoms with Gasteiger partial charge in [0.15, 0.2) is 0 Å². The Kier molecular flexibility index (Phi) is 5.22. The molecule has 1 aliphatic rings. The van der Waals surface area contributed by atoms with Crippen molar-refractivity contribution in [2.75, 3.05) is 11.9 Å². The van der Waals surface area contributed by atoms with E-state index in [1.165, 1.54) is 11.3 Å². The number of nitrogens with one attached hydrogen (secondary N) is 2. The molecule has 6 nitrogen and oxygen atoms in total. The zero-order valence-electron chi connectivity index (χ0n) is 13.3. The molecule has 0 spiro atoms. The Hall–Kier alpha value is -2.25. The first-order valence-electron chi connectivity index (χ1n) is 7.86. The Morgan fingerprint density at radius 3 is 2.79 bits per heavy atom. The molecule has 1 fully saturated rings. The van der Waals surface area contributed by atoms with Crippen LogP contribution in [0.25, 0.3) is 0 Å². The van der Waals surface area contributed by atoms with Crippen molar-refractivity contribution in [2.45, 2.75) is 31.9 Å². The van der Waals surface area contributed by atoms with Gasteiger partial charge in [0.2, 0.25) is 0 Å². The third-order valence-corrected chi connectivity index (χ3v) is 4.86. The molecule has 2 atom stereocenters. The maximum absolute atomic E-state index is 12.5. The summed E-state index contributed by atoms with van der Waals surface area (Å²) < 4.78 is 5.60. The van der Waals surface area contributed by atoms with Crippen LogP contribution in [-0.2, 0) is 4.74 Å². The predicted octanol–water partition coefficient (Wildman–Crippen LogP) is 2.69. The van der Waals surface area contributed by atoms with Crippen LogP contribution < -0.4 is 10.6 Å². The smallest absolute Gasteiger partial charge is 0.263 e. The average molecular weight is 345 g/mol. The Morgan fingerprint density at radius 1 is 1.29 bits per heavy atom. The summed E-state index contributed by atoms with van der Waals surface area (Å²) in [6.45, 7) is 2.69. The molecule has 1 aliphatic heterocycles. The molecule has 126 valence electrons. The molecular weight excluding hydrogens is 326 g/mol. The monoisotopic (exact) mass is 345 g/mol. The number of aromatic nitrogens is 1. The molecule has 2 N–H and O–H groups in total. The van der Waals surface area contributed by atoms with Gasteiger partial charge in [-0.2, -0.15) is 0 Å². The molecule has 3 heterocycles. The molecule has 0 unspecified atom stereocenters. The first-order chi connectivity index (χ1) is 11.6. The SMILES string of the molecule is C[C@H](NC(=O)c1sccc1NC(=O)c1ccncc1)[C@@H]1CCCO1. The second kappa shape index (κ2) is 7.55. The van der Waals surface area contributed by atoms with E-state index in [4.69, 9.17) is 4.74 Å². The minimum atomic E-state index is -0.267. The van der Waals surface area contributed by atoms with E-state index < -0.39 is 0 Å². The van der Waals surface area contributed by atoms with E-state index in [0.717, 1.165) is 19.4 Å². The zero-order valence-corrected chi connectivity index (χ0v) is 14.1. The van der Waals surface area contributed by atoms with Crippen molar-refractivity contribution in [3.8, 4) is 0 Å². The Labute approximate surface area is 144 Å². The Morgan fingerprint density at radius 2 is 2.08 bits per heavy atom. The van der Waals surface area contributed by atoms with Crippen LogP contribution in [0.4, 0.5) is 5.69 Å². The number of amides is 2. The normalized spacial score (nSPS) is 18.1. The van der Waals surface area contributed by atoms with Crippen molar-refractivity contribution < 1.29 is 14.3 Å². The summed E-state index contributed by atoms with van der Waals surface area (Å²) in [6.07, 6.45) is 5.15. The lowest BCUT2D eigenvalue weighted by Gasteiger charge is -2.20. The van der Waals surface area contributed by atoms with Crippen LogP contribution in [0.5, 0.6) is 0 Å². The molecule has 7 heteroatoms. The quantitative estimate of drug-likeness (QED) is 0.873. The first kappa shape index (κ1) is 16.6. The summed E-state index contributed by atoms with van der Waals surface area (Å²) in [5, 5.41) is 7.53. The molecule has 24 heavy (non-hydrogen) atoms. The predicted molar refractivity (Wildman–Crippen MR) is 92.4 cm³/mol. The minimum absolute atomic E-state index is 0.0590. The molecule has 0 aliphatic carbocycles. The van der Waals surface area contributed by atoms with E-state index in [1.54, 1.807) is 36.0 Å². The molecular formula is C17H19N3O3S. The van der Waals surface area contributed by atoms with E-state index >= 15 is 0 Å². The lowest BCUT2D eigenvalue weighted by atomic mass is 10.1. The van der Waals surface area contributed by atoms with Crippen molar-refractivity contribution in [3.05, 3.63) is 46.4 Å². The standard InChI is InChI=1S/C17H19N3O3S/c1-11(14-3-2-9-23-14)19-17(22)15-13(6-10-24-15)20-16(21)12-4-7-18-8-5-12/h4-8,10-11,14H,2-3,9H2,1H3,(H,19,22)(H,20,21)/t11-,14-/m0/s1. The summed E-state index contributed by atoms with van der Waals surface area (Å²) >= 11 is 1.30. The van der Waals surface area contributed by atoms with Crippen molar-refractivity contribution in [2.24, 2.45) is 0 Å². The fourth-order valence-electron chi connectivity index (χ4n) is 2.64. The van der Waals surface area contributed by atoms with Gasteiger partial charge in [0, 0.05) is 24.6 Å². The number of carbonyl (C=O) groups is 2. The van der Waals surface area contributed by atoms with Crippen LogP contribution >= 0.6 is 11.3 Å². The van der Waals surface area contributed by atoms with Crippen molar-refractivity contribution in [3.63, 3.8) is 0 Å². The van der Waals surface area contributed by atoms with Gasteiger partial charge >= 0.3 is 0 Å². The van der Waals surface area contributed by atoms with Crippen molar-refractivity contribution in [1.29, 1.82) is 0 Å². The lowest BCUT2D eigenvalue weighted by Crippen LogP contribution is -2.40. The number of nitrogens with zero attached hydrogens (tertiary/aromatic N) is 1. The van der Waals surface area contributed by atoms with E-state index in [-0.39, 0.29) is 24.0 Å². The van der Waals surface area contributed by atoms with Crippen LogP contribution in [0.15, 0.2) is 36.0 Å². The molecule has 1 saturated heterocycles. The maximum Gasteiger partial charge on any atom is 0.263 e. The second-order valence-corrected chi connectivity index (χ2v) is 6.58. The number of pyridine rings is 1. The third kappa shape index (κ3) is 3.80. The lowest BCUT2D eigenvalue weighted by molar-refractivity contribution is 0.0715. The number of rotatable bonds is 5. The van der Waals surface area contributed by atoms with Crippen LogP contribution in [0, 0.1) is 0 Å². The topological polar surface area (TPSA) is 80.3 Å². The summed E-state index contributed by atoms with van der Waals surface area (Å²) in [4.78, 5) is 29.1. The van der Waals surface area contributed by atoms with Gasteiger partial charge in [0.25, 0.3) is 11.8 Å². The largest absolute Gasteiger partial charge is 0.376 e. The summed E-state index contributed by atoms with van der Waals surface area (Å²) in [5.41, 5.74) is 1.01. The molecule has 0 bridgehead atoms. The van der Waals surface area contributed by atoms with E-state index in [1.807, 2.05) is 6.92 Å². The van der Waals surface area contributed by atoms with Crippen LogP contribution in [-0.4, -0.2) is 35.6 Å². The highest BCUT2D eigenvalue weighted by Crippen LogP contribution is 2.24. The van der Waals surface area contributed by atoms with E-state index in [0.29, 0.717) is 16.1 Å². The highest BCUT2D eigenvalue weighted by atomic mass is 32.1.